The van der Waals surface area contributed by atoms with Crippen LogP contribution in [0.15, 0.2) is 0 Å². The lowest BCUT2D eigenvalue weighted by Gasteiger charge is -2.15. The molecule has 2 rings (SSSR count). The Morgan fingerprint density at radius 3 is 2.12 bits per heavy atom. The van der Waals surface area contributed by atoms with Crippen molar-refractivity contribution in [2.45, 2.75) is 25.7 Å². The van der Waals surface area contributed by atoms with Crippen molar-refractivity contribution < 1.29 is 9.59 Å². The van der Waals surface area contributed by atoms with Crippen molar-refractivity contribution in [2.75, 3.05) is 13.1 Å². The van der Waals surface area contributed by atoms with E-state index >= 15 is 0 Å². The van der Waals surface area contributed by atoms with Crippen molar-refractivity contribution in [3.05, 3.63) is 0 Å². The first-order valence-corrected chi connectivity index (χ1v) is 6.15. The number of nitrogens with zero attached hydrogens (tertiary/aromatic N) is 1. The van der Waals surface area contributed by atoms with E-state index in [-0.39, 0.29) is 6.54 Å². The van der Waals surface area contributed by atoms with Crippen LogP contribution in [0, 0.1) is 29.1 Å². The average molecular weight is 235 g/mol. The topological polar surface area (TPSA) is 82.0 Å². The van der Waals surface area contributed by atoms with Crippen molar-refractivity contribution in [1.29, 1.82) is 5.26 Å². The van der Waals surface area contributed by atoms with Gasteiger partial charge in [-0.15, -0.1) is 0 Å². The summed E-state index contributed by atoms with van der Waals surface area (Å²) in [6.07, 6.45) is 5.05. The molecule has 0 radical (unpaired) electrons. The Morgan fingerprint density at radius 2 is 1.65 bits per heavy atom. The molecule has 5 nitrogen and oxygen atoms in total. The molecule has 92 valence electrons. The van der Waals surface area contributed by atoms with Crippen LogP contribution in [0.5, 0.6) is 0 Å². The molecule has 2 aliphatic carbocycles. The largest absolute Gasteiger partial charge is 0.348 e. The number of amides is 2. The Bertz CT molecular complexity index is 341. The summed E-state index contributed by atoms with van der Waals surface area (Å²) in [6.45, 7) is 0.481. The van der Waals surface area contributed by atoms with E-state index in [2.05, 4.69) is 10.6 Å². The molecule has 2 saturated carbocycles. The summed E-state index contributed by atoms with van der Waals surface area (Å²) < 4.78 is 0. The van der Waals surface area contributed by atoms with Crippen molar-refractivity contribution in [1.82, 2.24) is 10.6 Å². The molecule has 2 aliphatic rings. The van der Waals surface area contributed by atoms with Crippen LogP contribution in [0.1, 0.15) is 25.7 Å². The summed E-state index contributed by atoms with van der Waals surface area (Å²) in [5.74, 6) is 0.737. The summed E-state index contributed by atoms with van der Waals surface area (Å²) >= 11 is 0. The molecule has 0 atom stereocenters. The van der Waals surface area contributed by atoms with Gasteiger partial charge in [0, 0.05) is 6.54 Å². The van der Waals surface area contributed by atoms with E-state index in [0.717, 1.165) is 11.8 Å². The highest BCUT2D eigenvalue weighted by molar-refractivity contribution is 6.35. The number of carbonyl (C=O) groups excluding carboxylic acids is 2. The zero-order valence-electron chi connectivity index (χ0n) is 9.74. The SMILES string of the molecule is N#CCNC(=O)C(=O)NCC(C1CC1)C1CC1. The van der Waals surface area contributed by atoms with Gasteiger partial charge in [0.05, 0.1) is 6.07 Å². The van der Waals surface area contributed by atoms with Crippen LogP contribution >= 0.6 is 0 Å². The van der Waals surface area contributed by atoms with Crippen LogP contribution < -0.4 is 10.6 Å². The second-order valence-corrected chi connectivity index (χ2v) is 4.89. The van der Waals surface area contributed by atoms with Crippen molar-refractivity contribution in [3.8, 4) is 6.07 Å². The summed E-state index contributed by atoms with van der Waals surface area (Å²) in [4.78, 5) is 22.6. The highest BCUT2D eigenvalue weighted by Crippen LogP contribution is 2.48. The zero-order chi connectivity index (χ0) is 12.3. The number of hydrogen-bond donors (Lipinski definition) is 2. The summed E-state index contributed by atoms with van der Waals surface area (Å²) in [6, 6.07) is 1.76. The lowest BCUT2D eigenvalue weighted by Crippen LogP contribution is -2.42. The van der Waals surface area contributed by atoms with Crippen LogP contribution in [0.2, 0.25) is 0 Å². The Hall–Kier alpha value is -1.57. The van der Waals surface area contributed by atoms with Gasteiger partial charge >= 0.3 is 11.8 Å². The van der Waals surface area contributed by atoms with Gasteiger partial charge < -0.3 is 10.6 Å². The zero-order valence-corrected chi connectivity index (χ0v) is 9.74. The first-order chi connectivity index (χ1) is 8.22. The highest BCUT2D eigenvalue weighted by atomic mass is 16.2. The van der Waals surface area contributed by atoms with Crippen LogP contribution in [0.3, 0.4) is 0 Å². The number of rotatable bonds is 5. The average Bonchev–Trinajstić information content (AvgIpc) is 3.15. The molecule has 0 bridgehead atoms. The summed E-state index contributed by atoms with van der Waals surface area (Å²) in [5.41, 5.74) is 0. The van der Waals surface area contributed by atoms with E-state index in [4.69, 9.17) is 5.26 Å². The molecular weight excluding hydrogens is 218 g/mol. The van der Waals surface area contributed by atoms with E-state index in [1.165, 1.54) is 25.7 Å². The molecule has 0 saturated heterocycles. The Labute approximate surface area is 101 Å². The van der Waals surface area contributed by atoms with Gasteiger partial charge in [-0.1, -0.05) is 0 Å². The predicted octanol–water partition coefficient (Wildman–Crippen LogP) is 0.179. The van der Waals surface area contributed by atoms with Crippen molar-refractivity contribution >= 4 is 11.8 Å². The van der Waals surface area contributed by atoms with Gasteiger partial charge in [-0.2, -0.15) is 5.26 Å². The van der Waals surface area contributed by atoms with Gasteiger partial charge in [0.2, 0.25) is 0 Å². The van der Waals surface area contributed by atoms with E-state index in [9.17, 15) is 9.59 Å². The number of nitrogens with one attached hydrogen (secondary N) is 2. The van der Waals surface area contributed by atoms with Crippen molar-refractivity contribution in [2.24, 2.45) is 17.8 Å². The molecule has 0 aromatic heterocycles. The molecule has 2 amide bonds. The standard InChI is InChI=1S/C12H17N3O2/c13-5-6-14-11(16)12(17)15-7-10(8-1-2-8)9-3-4-9/h8-10H,1-4,6-7H2,(H,14,16)(H,15,17). The van der Waals surface area contributed by atoms with E-state index in [1.807, 2.05) is 0 Å². The number of carbonyl (C=O) groups is 2. The van der Waals surface area contributed by atoms with Crippen LogP contribution in [-0.2, 0) is 9.59 Å². The van der Waals surface area contributed by atoms with Gasteiger partial charge in [-0.3, -0.25) is 9.59 Å². The minimum Gasteiger partial charge on any atom is -0.348 e. The minimum atomic E-state index is -0.711. The number of nitriles is 1. The number of hydrogen-bond acceptors (Lipinski definition) is 3. The molecule has 2 fully saturated rings. The van der Waals surface area contributed by atoms with Gasteiger partial charge in [0.1, 0.15) is 6.54 Å². The Kier molecular flexibility index (Phi) is 3.62. The van der Waals surface area contributed by atoms with E-state index in [1.54, 1.807) is 6.07 Å². The molecule has 17 heavy (non-hydrogen) atoms. The molecule has 0 heterocycles. The monoisotopic (exact) mass is 235 g/mol. The first-order valence-electron chi connectivity index (χ1n) is 6.15. The fourth-order valence-corrected chi connectivity index (χ4v) is 2.26. The van der Waals surface area contributed by atoms with Crippen LogP contribution in [0.4, 0.5) is 0 Å². The van der Waals surface area contributed by atoms with Crippen LogP contribution in [0.25, 0.3) is 0 Å². The maximum absolute atomic E-state index is 11.4. The van der Waals surface area contributed by atoms with E-state index < -0.39 is 11.8 Å². The quantitative estimate of drug-likeness (QED) is 0.526. The second kappa shape index (κ2) is 5.17. The first kappa shape index (κ1) is 11.9. The third-order valence-electron chi connectivity index (χ3n) is 3.49. The van der Waals surface area contributed by atoms with Crippen molar-refractivity contribution in [3.63, 3.8) is 0 Å². The highest BCUT2D eigenvalue weighted by Gasteiger charge is 2.41. The Balaban J connectivity index is 1.71. The van der Waals surface area contributed by atoms with E-state index in [0.29, 0.717) is 12.5 Å². The molecule has 0 aromatic carbocycles. The molecule has 0 spiro atoms. The van der Waals surface area contributed by atoms with Gasteiger partial charge in [-0.05, 0) is 43.4 Å². The summed E-state index contributed by atoms with van der Waals surface area (Å²) in [5, 5.41) is 13.2. The molecule has 0 unspecified atom stereocenters. The lowest BCUT2D eigenvalue weighted by atomic mass is 9.98. The van der Waals surface area contributed by atoms with Crippen LogP contribution in [-0.4, -0.2) is 24.9 Å². The fourth-order valence-electron chi connectivity index (χ4n) is 2.26. The third kappa shape index (κ3) is 3.45. The lowest BCUT2D eigenvalue weighted by molar-refractivity contribution is -0.139. The predicted molar refractivity (Wildman–Crippen MR) is 60.6 cm³/mol. The molecule has 2 N–H and O–H groups in total. The maximum atomic E-state index is 11.4. The maximum Gasteiger partial charge on any atom is 0.310 e. The minimum absolute atomic E-state index is 0.124. The van der Waals surface area contributed by atoms with Gasteiger partial charge in [0.15, 0.2) is 0 Å². The van der Waals surface area contributed by atoms with Gasteiger partial charge in [0.25, 0.3) is 0 Å². The van der Waals surface area contributed by atoms with Gasteiger partial charge in [-0.25, -0.2) is 0 Å². The molecular formula is C12H17N3O2. The molecule has 0 aliphatic heterocycles. The second-order valence-electron chi connectivity index (χ2n) is 4.89. The normalized spacial score (nSPS) is 18.6. The Morgan fingerprint density at radius 1 is 1.12 bits per heavy atom. The fraction of sp³-hybridized carbons (Fsp3) is 0.750. The molecule has 5 heteroatoms. The summed E-state index contributed by atoms with van der Waals surface area (Å²) in [7, 11) is 0. The smallest absolute Gasteiger partial charge is 0.310 e. The third-order valence-corrected chi connectivity index (χ3v) is 3.49. The molecule has 0 aromatic rings.